The van der Waals surface area contributed by atoms with Crippen LogP contribution in [0, 0.1) is 20.2 Å². The Balaban J connectivity index is 1.78. The van der Waals surface area contributed by atoms with Gasteiger partial charge >= 0.3 is 11.7 Å². The minimum absolute atomic E-state index is 0.0212. The summed E-state index contributed by atoms with van der Waals surface area (Å²) in [5.41, 5.74) is 3.66. The van der Waals surface area contributed by atoms with E-state index in [2.05, 4.69) is 4.57 Å². The number of rotatable bonds is 8. The number of nitrogens with zero attached hydrogens (tertiary/aromatic N) is 3. The smallest absolute Gasteiger partial charge is 0.312 e. The zero-order chi connectivity index (χ0) is 27.7. The van der Waals surface area contributed by atoms with Crippen molar-refractivity contribution in [3.8, 4) is 16.9 Å². The third-order valence-electron chi connectivity index (χ3n) is 6.56. The maximum Gasteiger partial charge on any atom is 0.312 e. The van der Waals surface area contributed by atoms with Gasteiger partial charge in [0.15, 0.2) is 0 Å². The first-order chi connectivity index (χ1) is 18.8. The summed E-state index contributed by atoms with van der Waals surface area (Å²) >= 11 is 1.49. The average molecular weight is 542 g/mol. The molecule has 0 spiro atoms. The van der Waals surface area contributed by atoms with Crippen LogP contribution in [0.4, 0.5) is 11.4 Å². The van der Waals surface area contributed by atoms with Gasteiger partial charge in [-0.15, -0.1) is 11.8 Å². The van der Waals surface area contributed by atoms with Crippen molar-refractivity contribution >= 4 is 50.9 Å². The first-order valence-electron chi connectivity index (χ1n) is 12.1. The Hall–Kier alpha value is -4.70. The third kappa shape index (κ3) is 4.70. The molecule has 0 fully saturated rings. The molecule has 0 atom stereocenters. The Morgan fingerprint density at radius 2 is 1.62 bits per heavy atom. The van der Waals surface area contributed by atoms with E-state index in [1.165, 1.54) is 30.0 Å². The van der Waals surface area contributed by atoms with Crippen molar-refractivity contribution in [1.82, 2.24) is 4.57 Å². The first kappa shape index (κ1) is 25.9. The van der Waals surface area contributed by atoms with E-state index in [1.54, 1.807) is 31.2 Å². The number of carbonyl (C=O) groups excluding carboxylic acids is 1. The lowest BCUT2D eigenvalue weighted by Crippen LogP contribution is -2.08. The van der Waals surface area contributed by atoms with E-state index in [1.807, 2.05) is 42.7 Å². The molecular weight excluding hydrogens is 518 g/mol. The van der Waals surface area contributed by atoms with Gasteiger partial charge in [-0.3, -0.25) is 25.0 Å². The standard InChI is InChI=1S/C29H23N3O6S/c1-3-26(33)38-28-22(8-6-10-25(28)32(36)37)23-16-15-21-20-7-4-5-9-24(20)30(27(21)29(23)39-2)17-18-11-13-19(14-12-18)31(34)35/h4-16H,3,17H2,1-2H3. The van der Waals surface area contributed by atoms with Gasteiger partial charge in [-0.05, 0) is 17.9 Å². The van der Waals surface area contributed by atoms with Crippen LogP contribution < -0.4 is 4.74 Å². The molecule has 0 aliphatic rings. The highest BCUT2D eigenvalue weighted by Gasteiger charge is 2.26. The van der Waals surface area contributed by atoms with Crippen molar-refractivity contribution in [2.24, 2.45) is 0 Å². The number of benzene rings is 4. The minimum atomic E-state index is -0.565. The molecule has 1 heterocycles. The first-order valence-corrected chi connectivity index (χ1v) is 13.4. The molecule has 10 heteroatoms. The largest absolute Gasteiger partial charge is 0.418 e. The highest BCUT2D eigenvalue weighted by atomic mass is 32.2. The molecule has 1 aromatic heterocycles. The van der Waals surface area contributed by atoms with E-state index in [4.69, 9.17) is 4.74 Å². The molecule has 0 saturated carbocycles. The number of aromatic nitrogens is 1. The summed E-state index contributed by atoms with van der Waals surface area (Å²) in [7, 11) is 0. The third-order valence-corrected chi connectivity index (χ3v) is 7.39. The summed E-state index contributed by atoms with van der Waals surface area (Å²) in [6.45, 7) is 2.08. The number of nitro benzene ring substituents is 2. The molecule has 0 aliphatic heterocycles. The maximum atomic E-state index is 12.3. The number of nitro groups is 2. The zero-order valence-corrected chi connectivity index (χ0v) is 21.9. The van der Waals surface area contributed by atoms with Gasteiger partial charge in [0.05, 0.1) is 15.4 Å². The highest BCUT2D eigenvalue weighted by molar-refractivity contribution is 7.99. The Bertz CT molecular complexity index is 1760. The lowest BCUT2D eigenvalue weighted by Gasteiger charge is -2.16. The van der Waals surface area contributed by atoms with Crippen molar-refractivity contribution in [2.75, 3.05) is 6.26 Å². The summed E-state index contributed by atoms with van der Waals surface area (Å²) in [6.07, 6.45) is 2.00. The van der Waals surface area contributed by atoms with Crippen LogP contribution in [-0.4, -0.2) is 26.6 Å². The molecular formula is C29H23N3O6S. The van der Waals surface area contributed by atoms with E-state index in [-0.39, 0.29) is 23.5 Å². The molecule has 39 heavy (non-hydrogen) atoms. The molecule has 0 bridgehead atoms. The molecule has 196 valence electrons. The highest BCUT2D eigenvalue weighted by Crippen LogP contribution is 2.46. The van der Waals surface area contributed by atoms with Crippen LogP contribution in [0.25, 0.3) is 32.9 Å². The predicted octanol–water partition coefficient (Wildman–Crippen LogP) is 7.36. The van der Waals surface area contributed by atoms with E-state index in [9.17, 15) is 25.0 Å². The molecule has 0 amide bonds. The van der Waals surface area contributed by atoms with Crippen LogP contribution >= 0.6 is 11.8 Å². The van der Waals surface area contributed by atoms with Gasteiger partial charge in [-0.1, -0.05) is 61.5 Å². The van der Waals surface area contributed by atoms with E-state index in [0.717, 1.165) is 32.3 Å². The Morgan fingerprint density at radius 1 is 0.872 bits per heavy atom. The lowest BCUT2D eigenvalue weighted by atomic mass is 10.0. The van der Waals surface area contributed by atoms with Crippen LogP contribution in [-0.2, 0) is 11.3 Å². The molecule has 5 rings (SSSR count). The van der Waals surface area contributed by atoms with Crippen LogP contribution in [0.3, 0.4) is 0 Å². The van der Waals surface area contributed by atoms with Crippen molar-refractivity contribution in [3.63, 3.8) is 0 Å². The number of hydrogen-bond acceptors (Lipinski definition) is 7. The van der Waals surface area contributed by atoms with Crippen LogP contribution in [0.1, 0.15) is 18.9 Å². The van der Waals surface area contributed by atoms with E-state index < -0.39 is 15.8 Å². The molecule has 9 nitrogen and oxygen atoms in total. The molecule has 0 aliphatic carbocycles. The van der Waals surface area contributed by atoms with Crippen molar-refractivity contribution in [3.05, 3.63) is 105 Å². The zero-order valence-electron chi connectivity index (χ0n) is 21.1. The van der Waals surface area contributed by atoms with Crippen molar-refractivity contribution < 1.29 is 19.4 Å². The van der Waals surface area contributed by atoms with E-state index >= 15 is 0 Å². The minimum Gasteiger partial charge on any atom is -0.418 e. The van der Waals surface area contributed by atoms with Gasteiger partial charge < -0.3 is 9.30 Å². The second-order valence-electron chi connectivity index (χ2n) is 8.81. The number of ether oxygens (including phenoxy) is 1. The summed E-state index contributed by atoms with van der Waals surface area (Å²) in [5.74, 6) is -0.647. The second-order valence-corrected chi connectivity index (χ2v) is 9.62. The van der Waals surface area contributed by atoms with Gasteiger partial charge in [-0.25, -0.2) is 0 Å². The number of carbonyl (C=O) groups is 1. The number of non-ortho nitro benzene ring substituents is 1. The van der Waals surface area contributed by atoms with Gasteiger partial charge in [0, 0.05) is 63.5 Å². The number of para-hydroxylation sites is 2. The van der Waals surface area contributed by atoms with Crippen molar-refractivity contribution in [2.45, 2.75) is 24.8 Å². The average Bonchev–Trinajstić information content (AvgIpc) is 3.26. The fourth-order valence-electron chi connectivity index (χ4n) is 4.78. The van der Waals surface area contributed by atoms with Gasteiger partial charge in [0.1, 0.15) is 0 Å². The summed E-state index contributed by atoms with van der Waals surface area (Å²) in [5, 5.41) is 25.0. The molecule has 0 unspecified atom stereocenters. The van der Waals surface area contributed by atoms with Gasteiger partial charge in [-0.2, -0.15) is 0 Å². The summed E-state index contributed by atoms with van der Waals surface area (Å²) < 4.78 is 7.67. The molecule has 0 radical (unpaired) electrons. The Kier molecular flexibility index (Phi) is 7.03. The summed E-state index contributed by atoms with van der Waals surface area (Å²) in [6, 6.07) is 22.9. The molecule has 4 aromatic carbocycles. The Morgan fingerprint density at radius 3 is 2.28 bits per heavy atom. The fourth-order valence-corrected chi connectivity index (χ4v) is 5.59. The van der Waals surface area contributed by atoms with Crippen LogP contribution in [0.5, 0.6) is 5.75 Å². The Labute approximate surface area is 227 Å². The fraction of sp³-hybridized carbons (Fsp3) is 0.138. The normalized spacial score (nSPS) is 11.1. The molecule has 0 saturated heterocycles. The number of fused-ring (bicyclic) bond motifs is 3. The topological polar surface area (TPSA) is 118 Å². The maximum absolute atomic E-state index is 12.3. The number of thioether (sulfide) groups is 1. The van der Waals surface area contributed by atoms with Gasteiger partial charge in [0.2, 0.25) is 5.75 Å². The predicted molar refractivity (Wildman–Crippen MR) is 151 cm³/mol. The van der Waals surface area contributed by atoms with Crippen LogP contribution in [0.2, 0.25) is 0 Å². The molecule has 5 aromatic rings. The van der Waals surface area contributed by atoms with Gasteiger partial charge in [0.25, 0.3) is 5.69 Å². The number of hydrogen-bond donors (Lipinski definition) is 0. The molecule has 0 N–H and O–H groups in total. The summed E-state index contributed by atoms with van der Waals surface area (Å²) in [4.78, 5) is 35.1. The van der Waals surface area contributed by atoms with Crippen LogP contribution in [0.15, 0.2) is 83.8 Å². The second kappa shape index (κ2) is 10.6. The quantitative estimate of drug-likeness (QED) is 0.0662. The van der Waals surface area contributed by atoms with E-state index in [0.29, 0.717) is 17.7 Å². The van der Waals surface area contributed by atoms with Crippen molar-refractivity contribution in [1.29, 1.82) is 0 Å². The monoisotopic (exact) mass is 541 g/mol. The lowest BCUT2D eigenvalue weighted by molar-refractivity contribution is -0.385. The number of esters is 1. The SMILES string of the molecule is CCC(=O)Oc1c(-c2ccc3c4ccccc4n(Cc4ccc([N+](=O)[O-])cc4)c3c2SC)cccc1[N+](=O)[O-].